The number of halogens is 2. The Morgan fingerprint density at radius 1 is 1.35 bits per heavy atom. The number of aryl methyl sites for hydroxylation is 1. The zero-order chi connectivity index (χ0) is 18.7. The van der Waals surface area contributed by atoms with Crippen molar-refractivity contribution in [1.29, 1.82) is 0 Å². The molecule has 0 aromatic carbocycles. The third kappa shape index (κ3) is 3.92. The summed E-state index contributed by atoms with van der Waals surface area (Å²) in [5.74, 6) is 0.969. The predicted octanol–water partition coefficient (Wildman–Crippen LogP) is 3.17. The van der Waals surface area contributed by atoms with Crippen molar-refractivity contribution in [2.75, 3.05) is 25.5 Å². The minimum absolute atomic E-state index is 0.0476. The first-order valence-corrected chi connectivity index (χ1v) is 8.35. The van der Waals surface area contributed by atoms with Gasteiger partial charge in [0.05, 0.1) is 19.0 Å². The highest BCUT2D eigenvalue weighted by Gasteiger charge is 2.26. The summed E-state index contributed by atoms with van der Waals surface area (Å²) in [6.45, 7) is 1.07. The van der Waals surface area contributed by atoms with Crippen molar-refractivity contribution >= 4 is 11.7 Å². The zero-order valence-electron chi connectivity index (χ0n) is 14.7. The second-order valence-corrected chi connectivity index (χ2v) is 6.22. The molecule has 26 heavy (non-hydrogen) atoms. The molecule has 2 amide bonds. The molecule has 2 aromatic heterocycles. The largest absolute Gasteiger partial charge is 0.495 e. The Bertz CT molecular complexity index is 755. The second-order valence-electron chi connectivity index (χ2n) is 6.22. The molecule has 1 fully saturated rings. The Labute approximate surface area is 150 Å². The van der Waals surface area contributed by atoms with Crippen LogP contribution in [0.1, 0.15) is 36.6 Å². The lowest BCUT2D eigenvalue weighted by Gasteiger charge is -2.31. The van der Waals surface area contributed by atoms with Crippen LogP contribution in [0.3, 0.4) is 0 Å². The van der Waals surface area contributed by atoms with Crippen LogP contribution < -0.4 is 10.1 Å². The lowest BCUT2D eigenvalue weighted by Crippen LogP contribution is -2.40. The first-order valence-electron chi connectivity index (χ1n) is 8.35. The van der Waals surface area contributed by atoms with Crippen molar-refractivity contribution in [3.05, 3.63) is 35.9 Å². The maximum Gasteiger partial charge on any atom is 0.321 e. The van der Waals surface area contributed by atoms with E-state index in [-0.39, 0.29) is 17.6 Å². The number of aromatic nitrogens is 3. The van der Waals surface area contributed by atoms with Crippen LogP contribution in [0.5, 0.6) is 5.75 Å². The van der Waals surface area contributed by atoms with Crippen LogP contribution in [0.25, 0.3) is 0 Å². The fraction of sp³-hybridized carbons (Fsp3) is 0.471. The normalized spacial score (nSPS) is 15.3. The number of piperidine rings is 1. The smallest absolute Gasteiger partial charge is 0.321 e. The van der Waals surface area contributed by atoms with Gasteiger partial charge >= 0.3 is 6.03 Å². The Morgan fingerprint density at radius 3 is 2.65 bits per heavy atom. The van der Waals surface area contributed by atoms with Crippen molar-refractivity contribution in [2.45, 2.75) is 25.2 Å². The highest BCUT2D eigenvalue weighted by molar-refractivity contribution is 5.89. The average molecular weight is 365 g/mol. The summed E-state index contributed by atoms with van der Waals surface area (Å²) in [4.78, 5) is 18.4. The van der Waals surface area contributed by atoms with Crippen molar-refractivity contribution in [1.82, 2.24) is 19.7 Å². The van der Waals surface area contributed by atoms with Crippen LogP contribution in [0.4, 0.5) is 19.3 Å². The molecule has 2 aromatic rings. The molecule has 7 nitrogen and oxygen atoms in total. The van der Waals surface area contributed by atoms with Gasteiger partial charge in [-0.25, -0.2) is 13.6 Å². The van der Waals surface area contributed by atoms with E-state index in [1.807, 2.05) is 12.1 Å². The molecule has 0 aliphatic carbocycles. The molecule has 140 valence electrons. The molecule has 0 unspecified atom stereocenters. The molecule has 1 N–H and O–H groups in total. The number of urea groups is 1. The molecule has 3 heterocycles. The molecule has 1 saturated heterocycles. The van der Waals surface area contributed by atoms with E-state index in [1.54, 1.807) is 18.2 Å². The van der Waals surface area contributed by atoms with Crippen molar-refractivity contribution in [3.63, 3.8) is 0 Å². The number of hydrogen-bond donors (Lipinski definition) is 1. The van der Waals surface area contributed by atoms with Gasteiger partial charge in [0.1, 0.15) is 5.75 Å². The summed E-state index contributed by atoms with van der Waals surface area (Å²) in [5, 5.41) is 6.23. The monoisotopic (exact) mass is 365 g/mol. The quantitative estimate of drug-likeness (QED) is 0.903. The number of rotatable bonds is 4. The van der Waals surface area contributed by atoms with Crippen LogP contribution in [-0.4, -0.2) is 45.9 Å². The number of carbonyl (C=O) groups excluding carboxylic acids is 1. The van der Waals surface area contributed by atoms with Crippen LogP contribution in [0, 0.1) is 0 Å². The van der Waals surface area contributed by atoms with Gasteiger partial charge in [0.25, 0.3) is 6.43 Å². The summed E-state index contributed by atoms with van der Waals surface area (Å²) >= 11 is 0. The number of nitrogens with zero attached hydrogens (tertiary/aromatic N) is 4. The highest BCUT2D eigenvalue weighted by atomic mass is 19.3. The summed E-state index contributed by atoms with van der Waals surface area (Å²) in [6, 6.07) is 3.42. The summed E-state index contributed by atoms with van der Waals surface area (Å²) in [7, 11) is 3.13. The van der Waals surface area contributed by atoms with E-state index in [0.29, 0.717) is 18.8 Å². The van der Waals surface area contributed by atoms with Gasteiger partial charge in [-0.3, -0.25) is 9.67 Å². The van der Waals surface area contributed by atoms with Gasteiger partial charge in [0.15, 0.2) is 5.69 Å². The number of pyridine rings is 1. The predicted molar refractivity (Wildman–Crippen MR) is 91.5 cm³/mol. The molecule has 0 bridgehead atoms. The number of methoxy groups -OCH3 is 1. The number of anilines is 1. The maximum absolute atomic E-state index is 13.0. The first-order chi connectivity index (χ1) is 12.5. The van der Waals surface area contributed by atoms with Crippen LogP contribution in [-0.2, 0) is 7.05 Å². The molecular formula is C17H21F2N5O2. The van der Waals surface area contributed by atoms with Crippen molar-refractivity contribution in [2.24, 2.45) is 7.05 Å². The fourth-order valence-electron chi connectivity index (χ4n) is 3.09. The number of nitrogens with one attached hydrogen (secondary N) is 1. The van der Waals surface area contributed by atoms with Gasteiger partial charge in [0, 0.05) is 37.9 Å². The molecule has 9 heteroatoms. The number of carbonyl (C=O) groups is 1. The average Bonchev–Trinajstić information content (AvgIpc) is 3.02. The van der Waals surface area contributed by atoms with E-state index >= 15 is 0 Å². The van der Waals surface area contributed by atoms with E-state index in [1.165, 1.54) is 17.9 Å². The molecule has 1 aliphatic rings. The van der Waals surface area contributed by atoms with Gasteiger partial charge in [-0.15, -0.1) is 0 Å². The third-order valence-electron chi connectivity index (χ3n) is 4.50. The van der Waals surface area contributed by atoms with Gasteiger partial charge in [-0.2, -0.15) is 5.10 Å². The van der Waals surface area contributed by atoms with Gasteiger partial charge in [-0.05, 0) is 25.0 Å². The summed E-state index contributed by atoms with van der Waals surface area (Å²) in [5.41, 5.74) is 0.600. The topological polar surface area (TPSA) is 72.3 Å². The summed E-state index contributed by atoms with van der Waals surface area (Å²) in [6.07, 6.45) is 1.86. The number of amides is 2. The standard InChI is InChI=1S/C17H21F2N5O2/c1-23-10-14(15(22-23)16(18)19)21-17(25)24-7-5-11(6-8-24)13-4-3-12(26-2)9-20-13/h3-4,9-11,16H,5-8H2,1-2H3,(H,21,25). The van der Waals surface area contributed by atoms with Crippen molar-refractivity contribution < 1.29 is 18.3 Å². The van der Waals surface area contributed by atoms with E-state index < -0.39 is 12.1 Å². The first kappa shape index (κ1) is 18.1. The third-order valence-corrected chi connectivity index (χ3v) is 4.50. The molecule has 0 radical (unpaired) electrons. The van der Waals surface area contributed by atoms with E-state index in [2.05, 4.69) is 15.4 Å². The number of hydrogen-bond acceptors (Lipinski definition) is 4. The number of ether oxygens (including phenoxy) is 1. The Kier molecular flexibility index (Phi) is 5.34. The minimum Gasteiger partial charge on any atom is -0.495 e. The lowest BCUT2D eigenvalue weighted by molar-refractivity contribution is 0.146. The van der Waals surface area contributed by atoms with Gasteiger partial charge < -0.3 is 15.0 Å². The van der Waals surface area contributed by atoms with Crippen molar-refractivity contribution in [3.8, 4) is 5.75 Å². The SMILES string of the molecule is COc1ccc(C2CCN(C(=O)Nc3cn(C)nc3C(F)F)CC2)nc1. The van der Waals surface area contributed by atoms with E-state index in [9.17, 15) is 13.6 Å². The molecule has 0 spiro atoms. The van der Waals surface area contributed by atoms with Crippen LogP contribution >= 0.6 is 0 Å². The zero-order valence-corrected chi connectivity index (χ0v) is 14.7. The Morgan fingerprint density at radius 2 is 2.08 bits per heavy atom. The Balaban J connectivity index is 1.58. The molecular weight excluding hydrogens is 344 g/mol. The maximum atomic E-state index is 13.0. The molecule has 1 aliphatic heterocycles. The number of alkyl halides is 2. The van der Waals surface area contributed by atoms with Gasteiger partial charge in [0.2, 0.25) is 0 Å². The molecule has 3 rings (SSSR count). The van der Waals surface area contributed by atoms with Gasteiger partial charge in [-0.1, -0.05) is 0 Å². The summed E-state index contributed by atoms with van der Waals surface area (Å²) < 4.78 is 32.3. The molecule has 0 atom stereocenters. The van der Waals surface area contributed by atoms with E-state index in [0.717, 1.165) is 18.5 Å². The second kappa shape index (κ2) is 7.67. The highest BCUT2D eigenvalue weighted by Crippen LogP contribution is 2.29. The Hall–Kier alpha value is -2.71. The molecule has 0 saturated carbocycles. The van der Waals surface area contributed by atoms with Crippen LogP contribution in [0.2, 0.25) is 0 Å². The lowest BCUT2D eigenvalue weighted by atomic mass is 9.93. The minimum atomic E-state index is -2.74. The van der Waals surface area contributed by atoms with E-state index in [4.69, 9.17) is 4.74 Å². The number of likely N-dealkylation sites (tertiary alicyclic amines) is 1. The van der Waals surface area contributed by atoms with Crippen LogP contribution in [0.15, 0.2) is 24.5 Å². The fourth-order valence-corrected chi connectivity index (χ4v) is 3.09.